The Balaban J connectivity index is 1.71. The summed E-state index contributed by atoms with van der Waals surface area (Å²) in [5.41, 5.74) is 5.02. The number of para-hydroxylation sites is 1. The smallest absolute Gasteiger partial charge is 0.181 e. The third kappa shape index (κ3) is 3.41. The number of imidazole rings is 1. The Hall–Kier alpha value is -2.47. The summed E-state index contributed by atoms with van der Waals surface area (Å²) in [6.07, 6.45) is 5.05. The molecular weight excluding hydrogens is 356 g/mol. The summed E-state index contributed by atoms with van der Waals surface area (Å²) in [5.74, 6) is 2.47. The van der Waals surface area contributed by atoms with Gasteiger partial charge in [-0.15, -0.1) is 0 Å². The van der Waals surface area contributed by atoms with Gasteiger partial charge >= 0.3 is 0 Å². The largest absolute Gasteiger partial charge is 0.493 e. The fourth-order valence-corrected chi connectivity index (χ4v) is 4.62. The number of ether oxygens (including phenoxy) is 1. The van der Waals surface area contributed by atoms with E-state index in [2.05, 4.69) is 52.8 Å². The van der Waals surface area contributed by atoms with Gasteiger partial charge in [0.25, 0.3) is 0 Å². The highest BCUT2D eigenvalue weighted by molar-refractivity contribution is 7.98. The number of thioether (sulfide) groups is 1. The van der Waals surface area contributed by atoms with E-state index in [-0.39, 0.29) is 0 Å². The molecule has 6 heteroatoms. The summed E-state index contributed by atoms with van der Waals surface area (Å²) in [6, 6.07) is 12.4. The van der Waals surface area contributed by atoms with Crippen LogP contribution in [-0.2, 0) is 18.6 Å². The van der Waals surface area contributed by atoms with Crippen molar-refractivity contribution in [2.24, 2.45) is 0 Å². The number of methoxy groups -OCH3 is 1. The molecule has 2 aromatic heterocycles. The summed E-state index contributed by atoms with van der Waals surface area (Å²) in [7, 11) is 5.85. The van der Waals surface area contributed by atoms with Gasteiger partial charge in [0.2, 0.25) is 0 Å². The molecule has 0 fully saturated rings. The van der Waals surface area contributed by atoms with Crippen LogP contribution in [0.4, 0.5) is 5.69 Å². The van der Waals surface area contributed by atoms with E-state index in [1.807, 2.05) is 18.3 Å². The number of hydrogen-bond acceptors (Lipinski definition) is 5. The first kappa shape index (κ1) is 17.9. The second kappa shape index (κ2) is 7.64. The Bertz CT molecular complexity index is 951. The topological polar surface area (TPSA) is 43.2 Å². The van der Waals surface area contributed by atoms with Crippen LogP contribution in [0.25, 0.3) is 5.82 Å². The number of nitrogens with zero attached hydrogens (tertiary/aromatic N) is 4. The first-order chi connectivity index (χ1) is 13.2. The molecule has 1 aliphatic rings. The number of fused-ring (bicyclic) bond motifs is 1. The molecule has 4 rings (SSSR count). The lowest BCUT2D eigenvalue weighted by molar-refractivity contribution is 0.409. The lowest BCUT2D eigenvalue weighted by Crippen LogP contribution is -2.11. The van der Waals surface area contributed by atoms with E-state index >= 15 is 0 Å². The van der Waals surface area contributed by atoms with Crippen molar-refractivity contribution >= 4 is 17.4 Å². The summed E-state index contributed by atoms with van der Waals surface area (Å²) in [4.78, 5) is 11.7. The van der Waals surface area contributed by atoms with E-state index in [0.717, 1.165) is 41.7 Å². The fourth-order valence-electron chi connectivity index (χ4n) is 3.59. The molecule has 1 aromatic carbocycles. The van der Waals surface area contributed by atoms with E-state index < -0.39 is 0 Å². The molecule has 0 atom stereocenters. The van der Waals surface area contributed by atoms with Crippen LogP contribution in [0.1, 0.15) is 23.4 Å². The fraction of sp³-hybridized carbons (Fsp3) is 0.333. The lowest BCUT2D eigenvalue weighted by atomic mass is 10.2. The number of benzene rings is 1. The zero-order valence-corrected chi connectivity index (χ0v) is 16.8. The molecule has 5 nitrogen and oxygen atoms in total. The highest BCUT2D eigenvalue weighted by Gasteiger charge is 2.25. The Morgan fingerprint density at radius 1 is 1.15 bits per heavy atom. The monoisotopic (exact) mass is 380 g/mol. The van der Waals surface area contributed by atoms with Crippen LogP contribution in [0.5, 0.6) is 5.75 Å². The van der Waals surface area contributed by atoms with Crippen LogP contribution in [-0.4, -0.2) is 35.7 Å². The number of pyridine rings is 1. The summed E-state index contributed by atoms with van der Waals surface area (Å²) in [6.45, 7) is 0. The van der Waals surface area contributed by atoms with E-state index in [4.69, 9.17) is 9.72 Å². The van der Waals surface area contributed by atoms with Crippen molar-refractivity contribution in [3.8, 4) is 11.6 Å². The van der Waals surface area contributed by atoms with Crippen LogP contribution >= 0.6 is 11.8 Å². The molecule has 27 heavy (non-hydrogen) atoms. The van der Waals surface area contributed by atoms with Gasteiger partial charge < -0.3 is 9.64 Å². The van der Waals surface area contributed by atoms with Crippen LogP contribution in [0.15, 0.2) is 47.8 Å². The molecule has 0 bridgehead atoms. The van der Waals surface area contributed by atoms with Crippen molar-refractivity contribution < 1.29 is 4.74 Å². The minimum Gasteiger partial charge on any atom is -0.493 e. The van der Waals surface area contributed by atoms with E-state index in [0.29, 0.717) is 0 Å². The predicted octanol–water partition coefficient (Wildman–Crippen LogP) is 4.12. The van der Waals surface area contributed by atoms with Gasteiger partial charge in [-0.25, -0.2) is 9.97 Å². The molecular formula is C21H24N4OS. The van der Waals surface area contributed by atoms with Gasteiger partial charge in [0, 0.05) is 37.4 Å². The normalized spacial score (nSPS) is 12.9. The zero-order chi connectivity index (χ0) is 18.8. The molecule has 1 aliphatic carbocycles. The average Bonchev–Trinajstić information content (AvgIpc) is 3.27. The van der Waals surface area contributed by atoms with Crippen molar-refractivity contribution in [3.05, 3.63) is 59.5 Å². The van der Waals surface area contributed by atoms with Crippen LogP contribution in [0, 0.1) is 0 Å². The van der Waals surface area contributed by atoms with Gasteiger partial charge in [0.15, 0.2) is 16.7 Å². The number of hydrogen-bond donors (Lipinski definition) is 0. The zero-order valence-electron chi connectivity index (χ0n) is 16.0. The molecule has 0 saturated carbocycles. The molecule has 0 unspecified atom stereocenters. The van der Waals surface area contributed by atoms with Gasteiger partial charge in [0.05, 0.1) is 12.8 Å². The van der Waals surface area contributed by atoms with E-state index in [1.54, 1.807) is 18.9 Å². The van der Waals surface area contributed by atoms with Crippen molar-refractivity contribution in [2.75, 3.05) is 26.1 Å². The maximum Gasteiger partial charge on any atom is 0.181 e. The van der Waals surface area contributed by atoms with Gasteiger partial charge in [-0.2, -0.15) is 0 Å². The second-order valence-electron chi connectivity index (χ2n) is 6.82. The van der Waals surface area contributed by atoms with Crippen molar-refractivity contribution in [2.45, 2.75) is 30.2 Å². The average molecular weight is 381 g/mol. The minimum absolute atomic E-state index is 0.778. The van der Waals surface area contributed by atoms with Gasteiger partial charge in [-0.05, 0) is 43.0 Å². The van der Waals surface area contributed by atoms with Crippen molar-refractivity contribution in [1.82, 2.24) is 14.5 Å². The Kier molecular flexibility index (Phi) is 5.07. The number of anilines is 1. The van der Waals surface area contributed by atoms with Crippen LogP contribution in [0.2, 0.25) is 0 Å². The Labute approximate surface area is 164 Å². The van der Waals surface area contributed by atoms with E-state index in [9.17, 15) is 0 Å². The standard InChI is InChI=1S/C21H24N4OS/c1-24(2)17-10-5-4-8-15(17)14-27-21-23-16-9-6-11-18(16)25(21)20-19(26-3)12-7-13-22-20/h4-5,7-8,10,12-13H,6,9,11,14H2,1-3H3. The van der Waals surface area contributed by atoms with Gasteiger partial charge in [0.1, 0.15) is 0 Å². The summed E-state index contributed by atoms with van der Waals surface area (Å²) < 4.78 is 7.77. The van der Waals surface area contributed by atoms with Crippen molar-refractivity contribution in [3.63, 3.8) is 0 Å². The summed E-state index contributed by atoms with van der Waals surface area (Å²) in [5, 5.41) is 0.991. The molecule has 0 spiro atoms. The second-order valence-corrected chi connectivity index (χ2v) is 7.76. The quantitative estimate of drug-likeness (QED) is 0.602. The Morgan fingerprint density at radius 3 is 2.81 bits per heavy atom. The maximum absolute atomic E-state index is 5.57. The third-order valence-electron chi connectivity index (χ3n) is 4.86. The number of rotatable bonds is 6. The van der Waals surface area contributed by atoms with Gasteiger partial charge in [-0.3, -0.25) is 4.57 Å². The van der Waals surface area contributed by atoms with Crippen molar-refractivity contribution in [1.29, 1.82) is 0 Å². The number of aromatic nitrogens is 3. The highest BCUT2D eigenvalue weighted by atomic mass is 32.2. The molecule has 0 amide bonds. The third-order valence-corrected chi connectivity index (χ3v) is 5.85. The SMILES string of the molecule is COc1cccnc1-n1c(SCc2ccccc2N(C)C)nc2c1CCC2. The molecule has 0 saturated heterocycles. The minimum atomic E-state index is 0.778. The molecule has 140 valence electrons. The first-order valence-electron chi connectivity index (χ1n) is 9.17. The van der Waals surface area contributed by atoms with Crippen LogP contribution in [0.3, 0.4) is 0 Å². The predicted molar refractivity (Wildman–Crippen MR) is 110 cm³/mol. The molecule has 0 aliphatic heterocycles. The van der Waals surface area contributed by atoms with Crippen LogP contribution < -0.4 is 9.64 Å². The van der Waals surface area contributed by atoms with E-state index in [1.165, 1.54) is 22.6 Å². The molecule has 0 N–H and O–H groups in total. The molecule has 3 aromatic rings. The maximum atomic E-state index is 5.57. The highest BCUT2D eigenvalue weighted by Crippen LogP contribution is 2.35. The van der Waals surface area contributed by atoms with Gasteiger partial charge in [-0.1, -0.05) is 30.0 Å². The first-order valence-corrected chi connectivity index (χ1v) is 10.2. The molecule has 2 heterocycles. The lowest BCUT2D eigenvalue weighted by Gasteiger charge is -2.17. The molecule has 0 radical (unpaired) electrons. The number of aryl methyl sites for hydroxylation is 1. The summed E-state index contributed by atoms with van der Waals surface area (Å²) >= 11 is 1.76. The Morgan fingerprint density at radius 2 is 2.00 bits per heavy atom.